The fourth-order valence-electron chi connectivity index (χ4n) is 5.12. The number of nitrogens with one attached hydrogen (secondary N) is 1. The van der Waals surface area contributed by atoms with Gasteiger partial charge in [-0.1, -0.05) is 18.2 Å². The summed E-state index contributed by atoms with van der Waals surface area (Å²) < 4.78 is 4.02. The van der Waals surface area contributed by atoms with Crippen molar-refractivity contribution in [3.63, 3.8) is 0 Å². The molecule has 1 aromatic carbocycles. The zero-order chi connectivity index (χ0) is 23.3. The van der Waals surface area contributed by atoms with Gasteiger partial charge in [-0.15, -0.1) is 0 Å². The first kappa shape index (κ1) is 21.2. The van der Waals surface area contributed by atoms with Crippen LogP contribution in [0.2, 0.25) is 0 Å². The van der Waals surface area contributed by atoms with Gasteiger partial charge in [-0.25, -0.2) is 9.78 Å². The van der Waals surface area contributed by atoms with E-state index >= 15 is 0 Å². The maximum atomic E-state index is 12.9. The van der Waals surface area contributed by atoms with Crippen LogP contribution in [0, 0.1) is 5.92 Å². The van der Waals surface area contributed by atoms with Crippen LogP contribution in [0.15, 0.2) is 40.2 Å². The lowest BCUT2D eigenvalue weighted by molar-refractivity contribution is -0.133. The van der Waals surface area contributed by atoms with Crippen molar-refractivity contribution in [3.05, 3.63) is 57.0 Å². The van der Waals surface area contributed by atoms with E-state index in [2.05, 4.69) is 10.3 Å². The molecule has 1 N–H and O–H groups in total. The number of nitrogens with zero attached hydrogens (tertiary/aromatic N) is 5. The largest absolute Gasteiger partial charge is 0.343 e. The van der Waals surface area contributed by atoms with Gasteiger partial charge in [0.15, 0.2) is 11.2 Å². The average Bonchev–Trinajstić information content (AvgIpc) is 3.40. The smallest absolute Gasteiger partial charge is 0.332 e. The summed E-state index contributed by atoms with van der Waals surface area (Å²) in [6.45, 7) is 1.52. The van der Waals surface area contributed by atoms with Crippen molar-refractivity contribution in [1.82, 2.24) is 23.6 Å². The fraction of sp³-hybridized carbons (Fsp3) is 0.435. The molecule has 0 spiro atoms. The molecule has 1 fully saturated rings. The number of likely N-dealkylation sites (tertiary alicyclic amines) is 1. The Morgan fingerprint density at radius 3 is 2.58 bits per heavy atom. The van der Waals surface area contributed by atoms with E-state index in [1.54, 1.807) is 11.6 Å². The first-order chi connectivity index (χ1) is 15.9. The van der Waals surface area contributed by atoms with E-state index in [4.69, 9.17) is 0 Å². The number of piperidine rings is 1. The van der Waals surface area contributed by atoms with E-state index in [-0.39, 0.29) is 30.1 Å². The quantitative estimate of drug-likeness (QED) is 0.632. The number of carbonyl (C=O) groups excluding carboxylic acids is 2. The van der Waals surface area contributed by atoms with E-state index in [1.807, 2.05) is 29.2 Å². The molecule has 2 aliphatic rings. The summed E-state index contributed by atoms with van der Waals surface area (Å²) in [5.41, 5.74) is 1.71. The summed E-state index contributed by atoms with van der Waals surface area (Å²) in [5, 5.41) is 2.97. The molecule has 0 aliphatic carbocycles. The molecule has 2 aromatic heterocycles. The maximum absolute atomic E-state index is 12.9. The lowest BCUT2D eigenvalue weighted by Crippen LogP contribution is -2.41. The number of carbonyl (C=O) groups is 2. The van der Waals surface area contributed by atoms with Gasteiger partial charge in [0, 0.05) is 45.8 Å². The van der Waals surface area contributed by atoms with Gasteiger partial charge in [-0.2, -0.15) is 0 Å². The number of fused-ring (bicyclic) bond motifs is 2. The van der Waals surface area contributed by atoms with Crippen molar-refractivity contribution >= 4 is 28.7 Å². The van der Waals surface area contributed by atoms with Crippen LogP contribution in [0.1, 0.15) is 30.7 Å². The number of rotatable bonds is 4. The summed E-state index contributed by atoms with van der Waals surface area (Å²) in [4.78, 5) is 56.1. The molecule has 2 amide bonds. The second kappa shape index (κ2) is 8.02. The van der Waals surface area contributed by atoms with Crippen LogP contribution < -0.4 is 16.6 Å². The minimum Gasteiger partial charge on any atom is -0.343 e. The van der Waals surface area contributed by atoms with E-state index in [1.165, 1.54) is 17.9 Å². The molecule has 1 saturated heterocycles. The van der Waals surface area contributed by atoms with Gasteiger partial charge in [0.05, 0.1) is 12.2 Å². The van der Waals surface area contributed by atoms with E-state index in [0.29, 0.717) is 30.8 Å². The van der Waals surface area contributed by atoms with E-state index < -0.39 is 11.2 Å². The van der Waals surface area contributed by atoms with Crippen LogP contribution in [0.25, 0.3) is 11.2 Å². The van der Waals surface area contributed by atoms with Crippen molar-refractivity contribution < 1.29 is 9.59 Å². The molecule has 4 heterocycles. The maximum Gasteiger partial charge on any atom is 0.332 e. The second-order valence-electron chi connectivity index (χ2n) is 8.84. The molecule has 5 rings (SSSR count). The molecule has 10 heteroatoms. The highest BCUT2D eigenvalue weighted by atomic mass is 16.2. The van der Waals surface area contributed by atoms with Crippen LogP contribution in [-0.2, 0) is 30.2 Å². The number of hydrogen-bond donors (Lipinski definition) is 1. The molecule has 1 unspecified atom stereocenters. The fourth-order valence-corrected chi connectivity index (χ4v) is 5.12. The van der Waals surface area contributed by atoms with Crippen LogP contribution in [0.5, 0.6) is 0 Å². The van der Waals surface area contributed by atoms with Crippen LogP contribution in [0.4, 0.5) is 5.69 Å². The van der Waals surface area contributed by atoms with Crippen molar-refractivity contribution in [2.75, 3.05) is 18.4 Å². The summed E-state index contributed by atoms with van der Waals surface area (Å²) in [5.74, 6) is 0.107. The van der Waals surface area contributed by atoms with E-state index in [9.17, 15) is 19.2 Å². The molecule has 10 nitrogen and oxygen atoms in total. The number of imidazole rings is 1. The Balaban J connectivity index is 1.24. The van der Waals surface area contributed by atoms with Gasteiger partial charge >= 0.3 is 5.69 Å². The van der Waals surface area contributed by atoms with E-state index in [0.717, 1.165) is 28.7 Å². The number of aryl methyl sites for hydroxylation is 2. The van der Waals surface area contributed by atoms with Crippen LogP contribution in [0.3, 0.4) is 0 Å². The molecule has 0 saturated carbocycles. The Bertz CT molecular complexity index is 1380. The Morgan fingerprint density at radius 2 is 1.82 bits per heavy atom. The highest BCUT2D eigenvalue weighted by Crippen LogP contribution is 2.41. The highest BCUT2D eigenvalue weighted by Gasteiger charge is 2.38. The molecule has 1 atom stereocenters. The molecule has 2 aliphatic heterocycles. The van der Waals surface area contributed by atoms with Crippen LogP contribution in [-0.4, -0.2) is 48.5 Å². The van der Waals surface area contributed by atoms with Crippen LogP contribution >= 0.6 is 0 Å². The third kappa shape index (κ3) is 3.46. The second-order valence-corrected chi connectivity index (χ2v) is 8.84. The Kier molecular flexibility index (Phi) is 5.15. The highest BCUT2D eigenvalue weighted by molar-refractivity contribution is 6.03. The van der Waals surface area contributed by atoms with Crippen molar-refractivity contribution in [2.24, 2.45) is 20.0 Å². The molecule has 0 radical (unpaired) electrons. The predicted octanol–water partition coefficient (Wildman–Crippen LogP) is 0.798. The lowest BCUT2D eigenvalue weighted by Gasteiger charge is -2.34. The predicted molar refractivity (Wildman–Crippen MR) is 122 cm³/mol. The summed E-state index contributed by atoms with van der Waals surface area (Å²) in [7, 11) is 3.00. The summed E-state index contributed by atoms with van der Waals surface area (Å²) in [6, 6.07) is 7.80. The zero-order valence-electron chi connectivity index (χ0n) is 18.7. The molecule has 33 heavy (non-hydrogen) atoms. The number of para-hydroxylation sites is 1. The van der Waals surface area contributed by atoms with Gasteiger partial charge in [-0.05, 0) is 30.4 Å². The van der Waals surface area contributed by atoms with Gasteiger partial charge in [0.25, 0.3) is 5.56 Å². The SMILES string of the molecule is Cn1c(=O)c2c(ncn2CCC(=O)N2CCC(C3C(=O)Nc4ccccc43)CC2)n(C)c1=O. The van der Waals surface area contributed by atoms with Crippen molar-refractivity contribution in [1.29, 1.82) is 0 Å². The van der Waals surface area contributed by atoms with Crippen molar-refractivity contribution in [3.8, 4) is 0 Å². The van der Waals surface area contributed by atoms with Gasteiger partial charge < -0.3 is 14.8 Å². The molecule has 3 aromatic rings. The normalized spacial score (nSPS) is 18.5. The topological polar surface area (TPSA) is 111 Å². The monoisotopic (exact) mass is 450 g/mol. The number of aromatic nitrogens is 4. The average molecular weight is 450 g/mol. The molecular formula is C23H26N6O4. The zero-order valence-corrected chi connectivity index (χ0v) is 18.7. The number of benzene rings is 1. The minimum absolute atomic E-state index is 0.00761. The first-order valence-electron chi connectivity index (χ1n) is 11.1. The standard InChI is InChI=1S/C23H26N6O4/c1-26-20-19(22(32)27(2)23(26)33)29(13-24-20)12-9-17(30)28-10-7-14(8-11-28)18-15-5-3-4-6-16(15)25-21(18)31/h3-6,13-14,18H,7-12H2,1-2H3,(H,25,31). The summed E-state index contributed by atoms with van der Waals surface area (Å²) in [6.07, 6.45) is 3.28. The minimum atomic E-state index is -0.435. The third-order valence-corrected chi connectivity index (χ3v) is 6.98. The van der Waals surface area contributed by atoms with Gasteiger partial charge in [0.1, 0.15) is 0 Å². The first-order valence-corrected chi connectivity index (χ1v) is 11.1. The lowest BCUT2D eigenvalue weighted by atomic mass is 9.80. The number of amides is 2. The number of anilines is 1. The third-order valence-electron chi connectivity index (χ3n) is 6.98. The molecule has 0 bridgehead atoms. The summed E-state index contributed by atoms with van der Waals surface area (Å²) >= 11 is 0. The van der Waals surface area contributed by atoms with Crippen molar-refractivity contribution in [2.45, 2.75) is 31.7 Å². The Hall–Kier alpha value is -3.69. The molecule has 172 valence electrons. The Labute approximate surface area is 189 Å². The van der Waals surface area contributed by atoms with Gasteiger partial charge in [0.2, 0.25) is 11.8 Å². The molecular weight excluding hydrogens is 424 g/mol. The van der Waals surface area contributed by atoms with Gasteiger partial charge in [-0.3, -0.25) is 23.5 Å². The number of hydrogen-bond acceptors (Lipinski definition) is 5. The Morgan fingerprint density at radius 1 is 1.09 bits per heavy atom.